The molecule has 0 heterocycles. The van der Waals surface area contributed by atoms with Crippen LogP contribution in [0.4, 0.5) is 0 Å². The van der Waals surface area contributed by atoms with E-state index in [1.54, 1.807) is 0 Å². The third kappa shape index (κ3) is 1.34. The van der Waals surface area contributed by atoms with Crippen molar-refractivity contribution >= 4 is 0 Å². The van der Waals surface area contributed by atoms with Gasteiger partial charge in [0.25, 0.3) is 0 Å². The molecule has 66 valence electrons. The van der Waals surface area contributed by atoms with Gasteiger partial charge < -0.3 is 0 Å². The summed E-state index contributed by atoms with van der Waals surface area (Å²) in [4.78, 5) is 2.45. The van der Waals surface area contributed by atoms with Crippen molar-refractivity contribution in [2.45, 2.75) is 44.2 Å². The third-order valence-electron chi connectivity index (χ3n) is 3.29. The van der Waals surface area contributed by atoms with Gasteiger partial charge in [-0.1, -0.05) is 6.42 Å². The molecule has 0 amide bonds. The summed E-state index contributed by atoms with van der Waals surface area (Å²) < 4.78 is 0. The zero-order valence-electron chi connectivity index (χ0n) is 7.66. The van der Waals surface area contributed by atoms with Crippen molar-refractivity contribution in [3.63, 3.8) is 0 Å². The number of hydrogen-bond donors (Lipinski definition) is 0. The van der Waals surface area contributed by atoms with Gasteiger partial charge >= 0.3 is 0 Å². The molecule has 0 N–H and O–H groups in total. The lowest BCUT2D eigenvalue weighted by Gasteiger charge is -2.26. The first-order chi connectivity index (χ1) is 5.83. The number of nitriles is 1. The second-order valence-corrected chi connectivity index (χ2v) is 4.13. The van der Waals surface area contributed by atoms with Gasteiger partial charge in [-0.05, 0) is 32.7 Å². The fraction of sp³-hybridized carbons (Fsp3) is 0.900. The number of hydrogen-bond acceptors (Lipinski definition) is 2. The van der Waals surface area contributed by atoms with Crippen LogP contribution in [-0.4, -0.2) is 24.0 Å². The molecule has 0 bridgehead atoms. The number of nitrogens with zero attached hydrogens (tertiary/aromatic N) is 2. The molecule has 0 aromatic carbocycles. The van der Waals surface area contributed by atoms with Crippen molar-refractivity contribution in [2.24, 2.45) is 5.92 Å². The van der Waals surface area contributed by atoms with Crippen LogP contribution in [0.25, 0.3) is 0 Å². The maximum absolute atomic E-state index is 8.91. The molecule has 2 heteroatoms. The Morgan fingerprint density at radius 1 is 1.25 bits per heavy atom. The smallest absolute Gasteiger partial charge is 0.0672 e. The molecule has 0 aromatic heterocycles. The van der Waals surface area contributed by atoms with Gasteiger partial charge in [0.1, 0.15) is 0 Å². The van der Waals surface area contributed by atoms with Crippen molar-refractivity contribution in [3.8, 4) is 6.07 Å². The lowest BCUT2D eigenvalue weighted by Crippen LogP contribution is -2.35. The summed E-state index contributed by atoms with van der Waals surface area (Å²) in [6.07, 6.45) is 6.32. The first-order valence-corrected chi connectivity index (χ1v) is 4.94. The van der Waals surface area contributed by atoms with E-state index in [0.29, 0.717) is 12.0 Å². The predicted molar refractivity (Wildman–Crippen MR) is 47.5 cm³/mol. The Labute approximate surface area is 74.2 Å². The molecule has 2 nitrogen and oxygen atoms in total. The fourth-order valence-corrected chi connectivity index (χ4v) is 2.33. The summed E-state index contributed by atoms with van der Waals surface area (Å²) >= 11 is 0. The van der Waals surface area contributed by atoms with E-state index < -0.39 is 0 Å². The lowest BCUT2D eigenvalue weighted by atomic mass is 10.0. The summed E-state index contributed by atoms with van der Waals surface area (Å²) in [5, 5.41) is 8.91. The molecule has 2 fully saturated rings. The van der Waals surface area contributed by atoms with E-state index in [1.807, 2.05) is 0 Å². The zero-order chi connectivity index (χ0) is 8.55. The van der Waals surface area contributed by atoms with Crippen LogP contribution >= 0.6 is 0 Å². The van der Waals surface area contributed by atoms with Gasteiger partial charge in [-0.3, -0.25) is 4.90 Å². The molecule has 2 atom stereocenters. The van der Waals surface area contributed by atoms with Gasteiger partial charge in [0, 0.05) is 12.1 Å². The summed E-state index contributed by atoms with van der Waals surface area (Å²) in [6, 6.07) is 3.82. The minimum atomic E-state index is 0.315. The van der Waals surface area contributed by atoms with Crippen molar-refractivity contribution in [1.29, 1.82) is 5.26 Å². The monoisotopic (exact) mass is 164 g/mol. The van der Waals surface area contributed by atoms with E-state index in [1.165, 1.54) is 25.7 Å². The Hall–Kier alpha value is -0.550. The molecular formula is C10H16N2. The fourth-order valence-electron chi connectivity index (χ4n) is 2.33. The summed E-state index contributed by atoms with van der Waals surface area (Å²) in [6.45, 7) is 0. The van der Waals surface area contributed by atoms with Crippen LogP contribution in [-0.2, 0) is 0 Å². The van der Waals surface area contributed by atoms with Gasteiger partial charge in [0.05, 0.1) is 12.0 Å². The maximum atomic E-state index is 8.91. The van der Waals surface area contributed by atoms with E-state index in [4.69, 9.17) is 5.26 Å². The Morgan fingerprint density at radius 3 is 2.58 bits per heavy atom. The van der Waals surface area contributed by atoms with Crippen LogP contribution in [0.2, 0.25) is 0 Å². The molecule has 0 saturated heterocycles. The second kappa shape index (κ2) is 3.06. The van der Waals surface area contributed by atoms with Crippen LogP contribution in [0.15, 0.2) is 0 Å². The first kappa shape index (κ1) is 8.07. The molecule has 0 spiro atoms. The van der Waals surface area contributed by atoms with E-state index in [-0.39, 0.29) is 0 Å². The molecule has 0 aliphatic heterocycles. The maximum Gasteiger partial charge on any atom is 0.0672 e. The highest BCUT2D eigenvalue weighted by atomic mass is 15.2. The Balaban J connectivity index is 1.97. The van der Waals surface area contributed by atoms with Crippen LogP contribution < -0.4 is 0 Å². The highest BCUT2D eigenvalue weighted by Crippen LogP contribution is 2.35. The van der Waals surface area contributed by atoms with Crippen LogP contribution in [0.1, 0.15) is 32.1 Å². The van der Waals surface area contributed by atoms with Crippen molar-refractivity contribution in [3.05, 3.63) is 0 Å². The van der Waals surface area contributed by atoms with Gasteiger partial charge in [-0.15, -0.1) is 0 Å². The van der Waals surface area contributed by atoms with Crippen LogP contribution in [0, 0.1) is 17.2 Å². The van der Waals surface area contributed by atoms with Gasteiger partial charge in [0.15, 0.2) is 0 Å². The van der Waals surface area contributed by atoms with E-state index in [9.17, 15) is 0 Å². The molecule has 2 saturated carbocycles. The van der Waals surface area contributed by atoms with Crippen molar-refractivity contribution in [1.82, 2.24) is 4.90 Å². The Bertz CT molecular complexity index is 202. The molecule has 2 aliphatic rings. The van der Waals surface area contributed by atoms with Crippen LogP contribution in [0.3, 0.4) is 0 Å². The second-order valence-electron chi connectivity index (χ2n) is 4.13. The minimum Gasteiger partial charge on any atom is -0.299 e. The molecule has 12 heavy (non-hydrogen) atoms. The predicted octanol–water partition coefficient (Wildman–Crippen LogP) is 1.77. The molecule has 0 radical (unpaired) electrons. The molecule has 2 rings (SSSR count). The molecular weight excluding hydrogens is 148 g/mol. The minimum absolute atomic E-state index is 0.315. The topological polar surface area (TPSA) is 27.0 Å². The average molecular weight is 164 g/mol. The lowest BCUT2D eigenvalue weighted by molar-refractivity contribution is 0.211. The molecule has 2 unspecified atom stereocenters. The first-order valence-electron chi connectivity index (χ1n) is 4.94. The van der Waals surface area contributed by atoms with Crippen LogP contribution in [0.5, 0.6) is 0 Å². The van der Waals surface area contributed by atoms with Crippen molar-refractivity contribution in [2.75, 3.05) is 7.05 Å². The standard InChI is InChI=1S/C10H16N2/c1-12(9-5-6-9)10-4-2-3-8(10)7-11/h8-10H,2-6H2,1H3. The average Bonchev–Trinajstić information content (AvgIpc) is 2.82. The SMILES string of the molecule is CN(C1CC1)C1CCCC1C#N. The summed E-state index contributed by atoms with van der Waals surface area (Å²) in [5.41, 5.74) is 0. The normalized spacial score (nSPS) is 35.4. The zero-order valence-corrected chi connectivity index (χ0v) is 7.66. The largest absolute Gasteiger partial charge is 0.299 e. The van der Waals surface area contributed by atoms with Gasteiger partial charge in [-0.25, -0.2) is 0 Å². The Morgan fingerprint density at radius 2 is 2.00 bits per heavy atom. The van der Waals surface area contributed by atoms with E-state index in [2.05, 4.69) is 18.0 Å². The molecule has 0 aromatic rings. The summed E-state index contributed by atoms with van der Waals surface area (Å²) in [7, 11) is 2.19. The summed E-state index contributed by atoms with van der Waals surface area (Å²) in [5.74, 6) is 0.315. The van der Waals surface area contributed by atoms with E-state index in [0.717, 1.165) is 12.5 Å². The number of rotatable bonds is 2. The molecule has 2 aliphatic carbocycles. The highest BCUT2D eigenvalue weighted by Gasteiger charge is 2.37. The van der Waals surface area contributed by atoms with Gasteiger partial charge in [-0.2, -0.15) is 5.26 Å². The Kier molecular flexibility index (Phi) is 2.06. The van der Waals surface area contributed by atoms with E-state index >= 15 is 0 Å². The van der Waals surface area contributed by atoms with Crippen molar-refractivity contribution < 1.29 is 0 Å². The highest BCUT2D eigenvalue weighted by molar-refractivity contribution is 5.00. The quantitative estimate of drug-likeness (QED) is 0.622. The van der Waals surface area contributed by atoms with Gasteiger partial charge in [0.2, 0.25) is 0 Å². The third-order valence-corrected chi connectivity index (χ3v) is 3.29.